The lowest BCUT2D eigenvalue weighted by atomic mass is 10.1. The van der Waals surface area contributed by atoms with Crippen molar-refractivity contribution in [3.8, 4) is 22.8 Å². The van der Waals surface area contributed by atoms with Gasteiger partial charge in [0.25, 0.3) is 11.8 Å². The average molecular weight is 377 g/mol. The summed E-state index contributed by atoms with van der Waals surface area (Å²) in [4.78, 5) is 20.9. The monoisotopic (exact) mass is 376 g/mol. The summed E-state index contributed by atoms with van der Waals surface area (Å²) >= 11 is 6.00. The van der Waals surface area contributed by atoms with Gasteiger partial charge in [0.1, 0.15) is 5.15 Å². The standard InChI is InChI=1S/C20H13ClN4O2/c21-17-15(10-6-12-22-17)19(26)23-16-11-5-4-9-14(16)20-24-18(25-27-20)13-7-2-1-3-8-13/h1-12H,(H,23,26). The lowest BCUT2D eigenvalue weighted by Gasteiger charge is -2.09. The van der Waals surface area contributed by atoms with Gasteiger partial charge >= 0.3 is 0 Å². The third kappa shape index (κ3) is 3.56. The molecule has 4 rings (SSSR count). The van der Waals surface area contributed by atoms with Crippen LogP contribution in [0.3, 0.4) is 0 Å². The summed E-state index contributed by atoms with van der Waals surface area (Å²) in [7, 11) is 0. The molecule has 0 aliphatic carbocycles. The second kappa shape index (κ2) is 7.39. The molecule has 6 nitrogen and oxygen atoms in total. The molecule has 27 heavy (non-hydrogen) atoms. The third-order valence-electron chi connectivity index (χ3n) is 3.87. The number of nitrogens with zero attached hydrogens (tertiary/aromatic N) is 3. The summed E-state index contributed by atoms with van der Waals surface area (Å²) in [5.41, 5.74) is 2.27. The molecule has 0 fully saturated rings. The van der Waals surface area contributed by atoms with Crippen molar-refractivity contribution in [3.05, 3.63) is 83.6 Å². The minimum absolute atomic E-state index is 0.136. The van der Waals surface area contributed by atoms with Crippen molar-refractivity contribution in [2.45, 2.75) is 0 Å². The highest BCUT2D eigenvalue weighted by Gasteiger charge is 2.17. The Balaban J connectivity index is 1.65. The number of nitrogens with one attached hydrogen (secondary N) is 1. The largest absolute Gasteiger partial charge is 0.334 e. The fourth-order valence-corrected chi connectivity index (χ4v) is 2.77. The number of carbonyl (C=O) groups is 1. The minimum Gasteiger partial charge on any atom is -0.334 e. The Bertz CT molecular complexity index is 1100. The topological polar surface area (TPSA) is 80.9 Å². The normalized spacial score (nSPS) is 10.6. The Kier molecular flexibility index (Phi) is 4.63. The van der Waals surface area contributed by atoms with Gasteiger partial charge in [0, 0.05) is 11.8 Å². The number of halogens is 1. The summed E-state index contributed by atoms with van der Waals surface area (Å²) in [6, 6.07) is 19.9. The van der Waals surface area contributed by atoms with Gasteiger partial charge in [-0.2, -0.15) is 4.98 Å². The van der Waals surface area contributed by atoms with E-state index in [1.165, 1.54) is 6.20 Å². The second-order valence-corrected chi connectivity index (χ2v) is 5.99. The quantitative estimate of drug-likeness (QED) is 0.522. The maximum absolute atomic E-state index is 12.5. The van der Waals surface area contributed by atoms with Crippen LogP contribution in [0.2, 0.25) is 5.15 Å². The molecular formula is C20H13ClN4O2. The van der Waals surface area contributed by atoms with Crippen molar-refractivity contribution in [1.82, 2.24) is 15.1 Å². The van der Waals surface area contributed by atoms with Crippen LogP contribution in [0.25, 0.3) is 22.8 Å². The number of rotatable bonds is 4. The van der Waals surface area contributed by atoms with Gasteiger partial charge in [-0.05, 0) is 24.3 Å². The predicted octanol–water partition coefficient (Wildman–Crippen LogP) is 4.70. The maximum Gasteiger partial charge on any atom is 0.260 e. The number of amides is 1. The number of anilines is 1. The fraction of sp³-hybridized carbons (Fsp3) is 0. The van der Waals surface area contributed by atoms with Gasteiger partial charge < -0.3 is 9.84 Å². The summed E-state index contributed by atoms with van der Waals surface area (Å²) in [6.45, 7) is 0. The molecule has 0 atom stereocenters. The van der Waals surface area contributed by atoms with Gasteiger partial charge in [0.2, 0.25) is 5.82 Å². The first-order valence-corrected chi connectivity index (χ1v) is 8.50. The molecule has 2 heterocycles. The zero-order valence-corrected chi connectivity index (χ0v) is 14.7. The van der Waals surface area contributed by atoms with Crippen molar-refractivity contribution in [1.29, 1.82) is 0 Å². The van der Waals surface area contributed by atoms with Crippen molar-refractivity contribution in [3.63, 3.8) is 0 Å². The predicted molar refractivity (Wildman–Crippen MR) is 102 cm³/mol. The maximum atomic E-state index is 12.5. The Morgan fingerprint density at radius 3 is 2.56 bits per heavy atom. The second-order valence-electron chi connectivity index (χ2n) is 5.63. The van der Waals surface area contributed by atoms with E-state index in [1.807, 2.05) is 36.4 Å². The first-order chi connectivity index (χ1) is 13.2. The molecule has 0 spiro atoms. The molecule has 0 aliphatic rings. The molecule has 0 unspecified atom stereocenters. The van der Waals surface area contributed by atoms with E-state index in [9.17, 15) is 4.79 Å². The van der Waals surface area contributed by atoms with E-state index in [2.05, 4.69) is 20.4 Å². The molecule has 4 aromatic rings. The molecule has 1 N–H and O–H groups in total. The molecule has 2 aromatic carbocycles. The summed E-state index contributed by atoms with van der Waals surface area (Å²) in [5, 5.41) is 6.99. The van der Waals surface area contributed by atoms with Gasteiger partial charge in [0.05, 0.1) is 16.8 Å². The van der Waals surface area contributed by atoms with Gasteiger partial charge in [-0.25, -0.2) is 4.98 Å². The van der Waals surface area contributed by atoms with Crippen LogP contribution in [0, 0.1) is 0 Å². The van der Waals surface area contributed by atoms with E-state index < -0.39 is 0 Å². The molecule has 2 aromatic heterocycles. The van der Waals surface area contributed by atoms with Crippen molar-refractivity contribution in [2.75, 3.05) is 5.32 Å². The smallest absolute Gasteiger partial charge is 0.260 e. The first-order valence-electron chi connectivity index (χ1n) is 8.13. The number of para-hydroxylation sites is 1. The van der Waals surface area contributed by atoms with E-state index in [-0.39, 0.29) is 16.6 Å². The molecule has 1 amide bonds. The number of hydrogen-bond donors (Lipinski definition) is 1. The van der Waals surface area contributed by atoms with Crippen LogP contribution in [0.5, 0.6) is 0 Å². The van der Waals surface area contributed by atoms with Gasteiger partial charge in [-0.15, -0.1) is 0 Å². The fourth-order valence-electron chi connectivity index (χ4n) is 2.56. The van der Waals surface area contributed by atoms with Crippen LogP contribution < -0.4 is 5.32 Å². The van der Waals surface area contributed by atoms with Crippen molar-refractivity contribution < 1.29 is 9.32 Å². The molecule has 0 radical (unpaired) electrons. The number of hydrogen-bond acceptors (Lipinski definition) is 5. The summed E-state index contributed by atoms with van der Waals surface area (Å²) in [5.74, 6) is 0.410. The SMILES string of the molecule is O=C(Nc1ccccc1-c1nc(-c2ccccc2)no1)c1cccnc1Cl. The molecule has 0 bridgehead atoms. The lowest BCUT2D eigenvalue weighted by molar-refractivity contribution is 0.102. The average Bonchev–Trinajstić information content (AvgIpc) is 3.19. The molecule has 0 saturated carbocycles. The van der Waals surface area contributed by atoms with Gasteiger partial charge in [-0.1, -0.05) is 59.2 Å². The highest BCUT2D eigenvalue weighted by atomic mass is 35.5. The van der Waals surface area contributed by atoms with Crippen molar-refractivity contribution in [2.24, 2.45) is 0 Å². The van der Waals surface area contributed by atoms with Gasteiger partial charge in [0.15, 0.2) is 0 Å². The Labute approximate surface area is 159 Å². The summed E-state index contributed by atoms with van der Waals surface area (Å²) < 4.78 is 5.41. The molecule has 0 aliphatic heterocycles. The number of pyridine rings is 1. The number of aromatic nitrogens is 3. The van der Waals surface area contributed by atoms with E-state index in [1.54, 1.807) is 30.3 Å². The minimum atomic E-state index is -0.372. The van der Waals surface area contributed by atoms with Crippen LogP contribution in [-0.4, -0.2) is 21.0 Å². The van der Waals surface area contributed by atoms with Crippen LogP contribution in [0.1, 0.15) is 10.4 Å². The van der Waals surface area contributed by atoms with Crippen LogP contribution in [-0.2, 0) is 0 Å². The van der Waals surface area contributed by atoms with Crippen LogP contribution in [0.4, 0.5) is 5.69 Å². The highest BCUT2D eigenvalue weighted by molar-refractivity contribution is 6.33. The van der Waals surface area contributed by atoms with Crippen LogP contribution >= 0.6 is 11.6 Å². The summed E-state index contributed by atoms with van der Waals surface area (Å²) in [6.07, 6.45) is 1.52. The molecule has 132 valence electrons. The van der Waals surface area contributed by atoms with E-state index in [4.69, 9.17) is 16.1 Å². The highest BCUT2D eigenvalue weighted by Crippen LogP contribution is 2.29. The Morgan fingerprint density at radius 2 is 1.74 bits per heavy atom. The van der Waals surface area contributed by atoms with E-state index >= 15 is 0 Å². The molecule has 7 heteroatoms. The number of benzene rings is 2. The Hall–Kier alpha value is -3.51. The molecular weight excluding hydrogens is 364 g/mol. The lowest BCUT2D eigenvalue weighted by Crippen LogP contribution is -2.13. The van der Waals surface area contributed by atoms with E-state index in [0.717, 1.165) is 5.56 Å². The zero-order valence-electron chi connectivity index (χ0n) is 14.0. The van der Waals surface area contributed by atoms with Crippen LogP contribution in [0.15, 0.2) is 77.4 Å². The molecule has 0 saturated heterocycles. The number of carbonyl (C=O) groups excluding carboxylic acids is 1. The Morgan fingerprint density at radius 1 is 0.963 bits per heavy atom. The van der Waals surface area contributed by atoms with E-state index in [0.29, 0.717) is 23.0 Å². The third-order valence-corrected chi connectivity index (χ3v) is 4.17. The van der Waals surface area contributed by atoms with Gasteiger partial charge in [-0.3, -0.25) is 4.79 Å². The zero-order chi connectivity index (χ0) is 18.6. The first kappa shape index (κ1) is 16.9. The van der Waals surface area contributed by atoms with Crippen molar-refractivity contribution >= 4 is 23.2 Å².